The zero-order valence-corrected chi connectivity index (χ0v) is 14.6. The number of aromatic amines is 2. The molecule has 2 fully saturated rings. The van der Waals surface area contributed by atoms with E-state index in [0.717, 1.165) is 30.8 Å². The molecule has 3 N–H and O–H groups in total. The minimum Gasteiger partial charge on any atom is -0.374 e. The van der Waals surface area contributed by atoms with E-state index in [-0.39, 0.29) is 23.1 Å². The molecule has 8 heteroatoms. The summed E-state index contributed by atoms with van der Waals surface area (Å²) in [7, 11) is 0. The third-order valence-corrected chi connectivity index (χ3v) is 6.16. The highest BCUT2D eigenvalue weighted by atomic mass is 32.2. The Balaban J connectivity index is 1.57. The largest absolute Gasteiger partial charge is 0.374 e. The maximum Gasteiger partial charge on any atom is 0.253 e. The second-order valence-electron chi connectivity index (χ2n) is 6.45. The maximum absolute atomic E-state index is 13.8. The van der Waals surface area contributed by atoms with E-state index in [1.165, 1.54) is 12.1 Å². The second-order valence-corrected chi connectivity index (χ2v) is 7.97. The first-order valence-corrected chi connectivity index (χ1v) is 9.55. The van der Waals surface area contributed by atoms with Gasteiger partial charge >= 0.3 is 0 Å². The molecule has 0 bridgehead atoms. The summed E-state index contributed by atoms with van der Waals surface area (Å²) < 4.78 is 20.2. The molecule has 5 nitrogen and oxygen atoms in total. The molecule has 1 aromatic carbocycles. The van der Waals surface area contributed by atoms with Crippen molar-refractivity contribution in [3.05, 3.63) is 28.3 Å². The summed E-state index contributed by atoms with van der Waals surface area (Å²) in [6, 6.07) is 2.62. The fourth-order valence-corrected chi connectivity index (χ4v) is 5.15. The van der Waals surface area contributed by atoms with E-state index in [0.29, 0.717) is 22.4 Å². The molecule has 2 atom stereocenters. The van der Waals surface area contributed by atoms with Gasteiger partial charge in [-0.15, -0.1) is 0 Å². The van der Waals surface area contributed by atoms with Crippen molar-refractivity contribution in [2.75, 3.05) is 18.1 Å². The van der Waals surface area contributed by atoms with Crippen molar-refractivity contribution < 1.29 is 13.9 Å². The molecule has 24 heavy (non-hydrogen) atoms. The van der Waals surface area contributed by atoms with E-state index in [1.54, 1.807) is 0 Å². The topological polar surface area (TPSA) is 69.9 Å². The van der Waals surface area contributed by atoms with E-state index in [1.807, 2.05) is 11.8 Å². The van der Waals surface area contributed by atoms with Crippen molar-refractivity contribution in [3.63, 3.8) is 0 Å². The first-order chi connectivity index (χ1) is 11.5. The summed E-state index contributed by atoms with van der Waals surface area (Å²) in [6.45, 7) is 0.649. The summed E-state index contributed by atoms with van der Waals surface area (Å²) >= 11 is 6.94. The lowest BCUT2D eigenvalue weighted by Crippen LogP contribution is -2.48. The van der Waals surface area contributed by atoms with Gasteiger partial charge in [0.25, 0.3) is 5.91 Å². The van der Waals surface area contributed by atoms with Crippen LogP contribution in [-0.4, -0.2) is 45.6 Å². The third kappa shape index (κ3) is 2.98. The first-order valence-electron chi connectivity index (χ1n) is 7.99. The minimum absolute atomic E-state index is 0.0465. The standard InChI is InChI=1S/C16H18FN3O2S2/c17-9-5-11(13-12(6-9)19-15(23)20-13)14(21)18-10-1-3-22-16(7-10)2-4-24-8-16/h5-6,10H,1-4,7-8H2,(H,18,21)(H2,19,20,23)/t10-,16-/m1/s1. The summed E-state index contributed by atoms with van der Waals surface area (Å²) in [5.74, 6) is 1.34. The number of carbonyl (C=O) groups excluding carboxylic acids is 1. The number of hydrogen-bond acceptors (Lipinski definition) is 4. The average Bonchev–Trinajstić information content (AvgIpc) is 3.12. The van der Waals surface area contributed by atoms with Crippen LogP contribution in [0.1, 0.15) is 29.6 Å². The Morgan fingerprint density at radius 2 is 2.33 bits per heavy atom. The van der Waals surface area contributed by atoms with Crippen LogP contribution in [0.25, 0.3) is 11.0 Å². The Bertz CT molecular complexity index is 841. The van der Waals surface area contributed by atoms with Gasteiger partial charge in [-0.2, -0.15) is 11.8 Å². The Morgan fingerprint density at radius 3 is 3.12 bits per heavy atom. The number of nitrogens with one attached hydrogen (secondary N) is 3. The van der Waals surface area contributed by atoms with Gasteiger partial charge in [0.2, 0.25) is 0 Å². The van der Waals surface area contributed by atoms with Crippen molar-refractivity contribution >= 4 is 40.9 Å². The lowest BCUT2D eigenvalue weighted by Gasteiger charge is -2.38. The number of fused-ring (bicyclic) bond motifs is 1. The van der Waals surface area contributed by atoms with Crippen LogP contribution in [0, 0.1) is 10.6 Å². The number of H-pyrrole nitrogens is 2. The van der Waals surface area contributed by atoms with Crippen LogP contribution in [0.5, 0.6) is 0 Å². The van der Waals surface area contributed by atoms with Crippen molar-refractivity contribution in [2.24, 2.45) is 0 Å². The number of benzene rings is 1. The van der Waals surface area contributed by atoms with Gasteiger partial charge in [-0.05, 0) is 49.4 Å². The van der Waals surface area contributed by atoms with Crippen molar-refractivity contribution in [3.8, 4) is 0 Å². The van der Waals surface area contributed by atoms with Crippen LogP contribution in [0.15, 0.2) is 12.1 Å². The number of rotatable bonds is 2. The highest BCUT2D eigenvalue weighted by Crippen LogP contribution is 2.38. The number of carbonyl (C=O) groups is 1. The number of halogens is 1. The summed E-state index contributed by atoms with van der Waals surface area (Å²) in [5, 5.41) is 3.05. The van der Waals surface area contributed by atoms with Gasteiger partial charge in [-0.3, -0.25) is 4.79 Å². The molecule has 2 aromatic rings. The number of amides is 1. The van der Waals surface area contributed by atoms with Crippen LogP contribution in [-0.2, 0) is 4.74 Å². The average molecular weight is 367 g/mol. The highest BCUT2D eigenvalue weighted by Gasteiger charge is 2.40. The van der Waals surface area contributed by atoms with E-state index in [4.69, 9.17) is 17.0 Å². The Hall–Kier alpha value is -1.38. The van der Waals surface area contributed by atoms with Crippen LogP contribution >= 0.6 is 24.0 Å². The molecule has 2 aliphatic rings. The van der Waals surface area contributed by atoms with Crippen molar-refractivity contribution in [2.45, 2.75) is 30.9 Å². The molecule has 4 rings (SSSR count). The normalized spacial score (nSPS) is 27.0. The maximum atomic E-state index is 13.8. The zero-order chi connectivity index (χ0) is 16.7. The molecule has 3 heterocycles. The van der Waals surface area contributed by atoms with Crippen LogP contribution in [0.2, 0.25) is 0 Å². The number of thioether (sulfide) groups is 1. The van der Waals surface area contributed by atoms with Gasteiger partial charge in [0.1, 0.15) is 5.82 Å². The third-order valence-electron chi connectivity index (χ3n) is 4.73. The fraction of sp³-hybridized carbons (Fsp3) is 0.500. The number of aromatic nitrogens is 2. The number of imidazole rings is 1. The van der Waals surface area contributed by atoms with Gasteiger partial charge in [0.05, 0.1) is 22.2 Å². The fourth-order valence-electron chi connectivity index (χ4n) is 3.56. The highest BCUT2D eigenvalue weighted by molar-refractivity contribution is 7.99. The predicted octanol–water partition coefficient (Wildman–Crippen LogP) is 3.15. The predicted molar refractivity (Wildman–Crippen MR) is 94.6 cm³/mol. The molecule has 0 saturated carbocycles. The van der Waals surface area contributed by atoms with E-state index in [2.05, 4.69) is 15.3 Å². The summed E-state index contributed by atoms with van der Waals surface area (Å²) in [5.41, 5.74) is 1.21. The molecule has 1 aromatic heterocycles. The molecule has 0 radical (unpaired) electrons. The van der Waals surface area contributed by atoms with Crippen molar-refractivity contribution in [1.29, 1.82) is 0 Å². The molecule has 128 valence electrons. The van der Waals surface area contributed by atoms with Gasteiger partial charge in [-0.1, -0.05) is 0 Å². The zero-order valence-electron chi connectivity index (χ0n) is 13.0. The van der Waals surface area contributed by atoms with Crippen LogP contribution in [0.3, 0.4) is 0 Å². The molecular weight excluding hydrogens is 349 g/mol. The van der Waals surface area contributed by atoms with Gasteiger partial charge in [0, 0.05) is 18.4 Å². The molecule has 2 aliphatic heterocycles. The Kier molecular flexibility index (Phi) is 4.14. The lowest BCUT2D eigenvalue weighted by molar-refractivity contribution is -0.0688. The number of hydrogen-bond donors (Lipinski definition) is 3. The molecule has 0 aliphatic carbocycles. The van der Waals surface area contributed by atoms with E-state index < -0.39 is 5.82 Å². The van der Waals surface area contributed by atoms with Gasteiger partial charge < -0.3 is 20.0 Å². The van der Waals surface area contributed by atoms with Crippen LogP contribution < -0.4 is 5.32 Å². The lowest BCUT2D eigenvalue weighted by atomic mass is 9.89. The quantitative estimate of drug-likeness (QED) is 0.713. The van der Waals surface area contributed by atoms with E-state index >= 15 is 0 Å². The number of ether oxygens (including phenoxy) is 1. The summed E-state index contributed by atoms with van der Waals surface area (Å²) in [4.78, 5) is 18.5. The van der Waals surface area contributed by atoms with Gasteiger partial charge in [-0.25, -0.2) is 4.39 Å². The Morgan fingerprint density at radius 1 is 1.46 bits per heavy atom. The summed E-state index contributed by atoms with van der Waals surface area (Å²) in [6.07, 6.45) is 2.62. The monoisotopic (exact) mass is 367 g/mol. The van der Waals surface area contributed by atoms with Gasteiger partial charge in [0.15, 0.2) is 4.77 Å². The van der Waals surface area contributed by atoms with Crippen LogP contribution in [0.4, 0.5) is 4.39 Å². The molecular formula is C16H18FN3O2S2. The second kappa shape index (κ2) is 6.16. The minimum atomic E-state index is -0.464. The molecule has 1 spiro atoms. The molecule has 1 amide bonds. The first kappa shape index (κ1) is 16.1. The SMILES string of the molecule is O=C(N[C@@H]1CCO[C@]2(CCSC2)C1)c1cc(F)cc2[nH]c(=S)[nH]c12. The molecule has 2 saturated heterocycles. The smallest absolute Gasteiger partial charge is 0.253 e. The molecule has 0 unspecified atom stereocenters. The Labute approximate surface area is 147 Å². The van der Waals surface area contributed by atoms with Crippen molar-refractivity contribution in [1.82, 2.24) is 15.3 Å². The van der Waals surface area contributed by atoms with E-state index in [9.17, 15) is 9.18 Å².